The zero-order chi connectivity index (χ0) is 23.2. The summed E-state index contributed by atoms with van der Waals surface area (Å²) in [6.07, 6.45) is 2.64. The van der Waals surface area contributed by atoms with E-state index in [1.807, 2.05) is 55.4 Å². The first-order valence-electron chi connectivity index (χ1n) is 11.5. The first-order chi connectivity index (χ1) is 13.1. The first kappa shape index (κ1) is 45.5. The van der Waals surface area contributed by atoms with Crippen molar-refractivity contribution in [3.63, 3.8) is 0 Å². The summed E-state index contributed by atoms with van der Waals surface area (Å²) in [4.78, 5) is 0. The van der Waals surface area contributed by atoms with Gasteiger partial charge in [-0.3, -0.25) is 0 Å². The third-order valence-electron chi connectivity index (χ3n) is 1.89. The fraction of sp³-hybridized carbons (Fsp3) is 1.00. The van der Waals surface area contributed by atoms with Gasteiger partial charge in [0.05, 0.1) is 0 Å². The summed E-state index contributed by atoms with van der Waals surface area (Å²) in [5.41, 5.74) is 9.69. The van der Waals surface area contributed by atoms with Crippen molar-refractivity contribution in [2.24, 2.45) is 11.5 Å². The Morgan fingerprint density at radius 3 is 0.852 bits per heavy atom. The summed E-state index contributed by atoms with van der Waals surface area (Å²) in [6, 6.07) is 0. The maximum absolute atomic E-state index is 4.85. The standard InChI is InChI=1S/C6H16N2.C4H10O.C4H10.2C2H7N.2C2H6/c1-3-7-5-6-8-4-2;1-3-5-4-2;1-3-4-2;2*1-2-3;2*1-2/h7-8H,3-6H2,1-2H3;3-4H2,1-2H3;3-4H2,1-2H3;2*2-3H2,1H3;2*1-2H3. The molecular weight excluding hydrogens is 336 g/mol. The second-order valence-electron chi connectivity index (χ2n) is 4.31. The molecule has 0 saturated heterocycles. The van der Waals surface area contributed by atoms with Gasteiger partial charge in [0.1, 0.15) is 0 Å². The zero-order valence-corrected chi connectivity index (χ0v) is 21.6. The quantitative estimate of drug-likeness (QED) is 0.430. The molecule has 27 heavy (non-hydrogen) atoms. The number of rotatable bonds is 8. The van der Waals surface area contributed by atoms with Gasteiger partial charge in [-0.25, -0.2) is 0 Å². The van der Waals surface area contributed by atoms with Crippen molar-refractivity contribution in [2.75, 3.05) is 52.5 Å². The largest absolute Gasteiger partial charge is 0.382 e. The molecule has 0 saturated carbocycles. The number of hydrogen-bond donors (Lipinski definition) is 4. The van der Waals surface area contributed by atoms with Crippen molar-refractivity contribution in [3.05, 3.63) is 0 Å². The molecule has 0 aliphatic heterocycles. The average molecular weight is 399 g/mol. The van der Waals surface area contributed by atoms with E-state index in [2.05, 4.69) is 38.3 Å². The molecule has 0 amide bonds. The fourth-order valence-electron chi connectivity index (χ4n) is 0.734. The average Bonchev–Trinajstić information content (AvgIpc) is 2.71. The van der Waals surface area contributed by atoms with Gasteiger partial charge in [0.25, 0.3) is 0 Å². The molecule has 0 rings (SSSR count). The molecule has 0 aromatic heterocycles. The Hall–Kier alpha value is -0.200. The van der Waals surface area contributed by atoms with Gasteiger partial charge < -0.3 is 26.8 Å². The molecule has 0 aliphatic rings. The van der Waals surface area contributed by atoms with Crippen molar-refractivity contribution < 1.29 is 4.74 Å². The van der Waals surface area contributed by atoms with Crippen molar-refractivity contribution >= 4 is 0 Å². The van der Waals surface area contributed by atoms with Crippen LogP contribution in [-0.2, 0) is 4.74 Å². The minimum atomic E-state index is 0.750. The second kappa shape index (κ2) is 96.9. The topological polar surface area (TPSA) is 85.3 Å². The van der Waals surface area contributed by atoms with Gasteiger partial charge in [0, 0.05) is 26.3 Å². The molecule has 5 heteroatoms. The van der Waals surface area contributed by atoms with Gasteiger partial charge in [-0.1, -0.05) is 82.1 Å². The molecule has 176 valence electrons. The number of nitrogens with one attached hydrogen (secondary N) is 2. The second-order valence-corrected chi connectivity index (χ2v) is 4.31. The van der Waals surface area contributed by atoms with Crippen LogP contribution < -0.4 is 22.1 Å². The Morgan fingerprint density at radius 1 is 0.556 bits per heavy atom. The first-order valence-corrected chi connectivity index (χ1v) is 11.5. The van der Waals surface area contributed by atoms with Crippen LogP contribution in [0.25, 0.3) is 0 Å². The van der Waals surface area contributed by atoms with Crippen LogP contribution in [0, 0.1) is 0 Å². The number of hydrogen-bond acceptors (Lipinski definition) is 5. The van der Waals surface area contributed by atoms with Crippen molar-refractivity contribution in [3.8, 4) is 0 Å². The maximum atomic E-state index is 4.85. The summed E-state index contributed by atoms with van der Waals surface area (Å²) in [6.45, 7) is 31.9. The minimum absolute atomic E-state index is 0.750. The molecule has 0 radical (unpaired) electrons. The SMILES string of the molecule is CC.CC.CCCC.CCN.CCN.CCNCCNCC.CCOCC. The molecule has 0 aliphatic carbocycles. The monoisotopic (exact) mass is 398 g/mol. The summed E-state index contributed by atoms with van der Waals surface area (Å²) in [5, 5.41) is 6.44. The Labute approximate surface area is 175 Å². The number of likely N-dealkylation sites (N-methyl/N-ethyl adjacent to an activating group) is 2. The minimum Gasteiger partial charge on any atom is -0.382 e. The molecule has 0 bridgehead atoms. The van der Waals surface area contributed by atoms with E-state index in [0.29, 0.717) is 0 Å². The van der Waals surface area contributed by atoms with Crippen LogP contribution in [0.4, 0.5) is 0 Å². The number of nitrogens with two attached hydrogens (primary N) is 2. The van der Waals surface area contributed by atoms with E-state index in [0.717, 1.165) is 52.5 Å². The van der Waals surface area contributed by atoms with Gasteiger partial charge in [-0.05, 0) is 40.0 Å². The van der Waals surface area contributed by atoms with E-state index in [1.54, 1.807) is 0 Å². The third kappa shape index (κ3) is 240. The molecule has 0 aromatic rings. The zero-order valence-electron chi connectivity index (χ0n) is 21.6. The predicted octanol–water partition coefficient (Wildman–Crippen LogP) is 5.04. The molecule has 0 unspecified atom stereocenters. The predicted molar refractivity (Wildman–Crippen MR) is 132 cm³/mol. The van der Waals surface area contributed by atoms with E-state index in [9.17, 15) is 0 Å². The molecule has 0 aromatic carbocycles. The third-order valence-corrected chi connectivity index (χ3v) is 1.89. The van der Waals surface area contributed by atoms with E-state index >= 15 is 0 Å². The highest BCUT2D eigenvalue weighted by molar-refractivity contribution is 4.46. The fourth-order valence-corrected chi connectivity index (χ4v) is 0.734. The number of unbranched alkanes of at least 4 members (excludes halogenated alkanes) is 1. The lowest BCUT2D eigenvalue weighted by Gasteiger charge is -1.99. The summed E-state index contributed by atoms with van der Waals surface area (Å²) in [7, 11) is 0. The highest BCUT2D eigenvalue weighted by atomic mass is 16.5. The molecule has 5 nitrogen and oxygen atoms in total. The normalized spacial score (nSPS) is 7.33. The molecule has 0 atom stereocenters. The molecule has 0 spiro atoms. The van der Waals surface area contributed by atoms with Crippen LogP contribution in [0.15, 0.2) is 0 Å². The van der Waals surface area contributed by atoms with Gasteiger partial charge >= 0.3 is 0 Å². The Kier molecular flexibility index (Phi) is 163. The van der Waals surface area contributed by atoms with Crippen LogP contribution in [0.1, 0.15) is 95.9 Å². The van der Waals surface area contributed by atoms with E-state index in [4.69, 9.17) is 16.2 Å². The summed E-state index contributed by atoms with van der Waals surface area (Å²) < 4.78 is 4.83. The van der Waals surface area contributed by atoms with Gasteiger partial charge in [-0.15, -0.1) is 0 Å². The lowest BCUT2D eigenvalue weighted by molar-refractivity contribution is 0.162. The molecule has 0 fully saturated rings. The number of ether oxygens (including phenoxy) is 1. The summed E-state index contributed by atoms with van der Waals surface area (Å²) >= 11 is 0. The van der Waals surface area contributed by atoms with Gasteiger partial charge in [0.15, 0.2) is 0 Å². The van der Waals surface area contributed by atoms with Crippen LogP contribution in [0.5, 0.6) is 0 Å². The Morgan fingerprint density at radius 2 is 0.778 bits per heavy atom. The van der Waals surface area contributed by atoms with Gasteiger partial charge in [-0.2, -0.15) is 0 Å². The van der Waals surface area contributed by atoms with Crippen LogP contribution in [0.3, 0.4) is 0 Å². The van der Waals surface area contributed by atoms with E-state index in [1.165, 1.54) is 12.8 Å². The van der Waals surface area contributed by atoms with Crippen molar-refractivity contribution in [1.82, 2.24) is 10.6 Å². The molecule has 0 heterocycles. The van der Waals surface area contributed by atoms with Crippen LogP contribution >= 0.6 is 0 Å². The highest BCUT2D eigenvalue weighted by Crippen LogP contribution is 1.76. The lowest BCUT2D eigenvalue weighted by Crippen LogP contribution is -2.26. The van der Waals surface area contributed by atoms with E-state index in [-0.39, 0.29) is 0 Å². The Bertz CT molecular complexity index is 106. The van der Waals surface area contributed by atoms with Gasteiger partial charge in [0.2, 0.25) is 0 Å². The molecule has 6 N–H and O–H groups in total. The van der Waals surface area contributed by atoms with Crippen LogP contribution in [-0.4, -0.2) is 52.5 Å². The Balaban J connectivity index is -0.0000000371. The summed E-state index contributed by atoms with van der Waals surface area (Å²) in [5.74, 6) is 0. The smallest absolute Gasteiger partial charge is 0.0437 e. The van der Waals surface area contributed by atoms with Crippen LogP contribution in [0.2, 0.25) is 0 Å². The lowest BCUT2D eigenvalue weighted by atomic mass is 10.4. The van der Waals surface area contributed by atoms with E-state index < -0.39 is 0 Å². The molecular formula is C22H62N4O. The van der Waals surface area contributed by atoms with Crippen molar-refractivity contribution in [2.45, 2.75) is 95.9 Å². The van der Waals surface area contributed by atoms with Crippen molar-refractivity contribution in [1.29, 1.82) is 0 Å². The maximum Gasteiger partial charge on any atom is 0.0437 e. The highest BCUT2D eigenvalue weighted by Gasteiger charge is 1.79.